The normalized spacial score (nSPS) is 29.0. The zero-order chi connectivity index (χ0) is 21.0. The fourth-order valence-electron chi connectivity index (χ4n) is 5.16. The number of H-pyrrole nitrogens is 1. The third kappa shape index (κ3) is 2.96. The molecular weight excluding hydrogens is 380 g/mol. The number of carbonyl (C=O) groups is 2. The van der Waals surface area contributed by atoms with Gasteiger partial charge in [-0.05, 0) is 25.5 Å². The number of nitrogens with one attached hydrogen (secondary N) is 1. The Bertz CT molecular complexity index is 1040. The Balaban J connectivity index is 1.36. The number of aryl methyl sites for hydroxylation is 2. The quantitative estimate of drug-likeness (QED) is 0.770. The number of benzene rings is 1. The zero-order valence-corrected chi connectivity index (χ0v) is 17.5. The van der Waals surface area contributed by atoms with Crippen LogP contribution >= 0.6 is 0 Å². The minimum Gasteiger partial charge on any atom is -0.360 e. The summed E-state index contributed by atoms with van der Waals surface area (Å²) in [5, 5.41) is 7.12. The molecule has 0 radical (unpaired) electrons. The van der Waals surface area contributed by atoms with Gasteiger partial charge in [-0.25, -0.2) is 0 Å². The molecule has 156 valence electrons. The second-order valence-corrected chi connectivity index (χ2v) is 8.82. The molecule has 1 N–H and O–H groups in total. The first-order chi connectivity index (χ1) is 14.4. The van der Waals surface area contributed by atoms with Gasteiger partial charge in [-0.1, -0.05) is 42.0 Å². The average Bonchev–Trinajstić information content (AvgIpc) is 3.44. The Kier molecular flexibility index (Phi) is 4.32. The topological polar surface area (TPSA) is 78.5 Å². The molecule has 7 nitrogen and oxygen atoms in total. The van der Waals surface area contributed by atoms with Gasteiger partial charge in [-0.2, -0.15) is 5.10 Å². The molecule has 0 saturated carbocycles. The van der Waals surface area contributed by atoms with E-state index in [0.717, 1.165) is 22.5 Å². The number of ether oxygens (including phenoxy) is 1. The van der Waals surface area contributed by atoms with Gasteiger partial charge in [0, 0.05) is 19.3 Å². The lowest BCUT2D eigenvalue weighted by Crippen LogP contribution is -2.44. The minimum atomic E-state index is -0.685. The molecular formula is C23H26N4O3. The number of fused-ring (bicyclic) bond motifs is 1. The molecule has 0 aliphatic carbocycles. The average molecular weight is 406 g/mol. The molecule has 4 atom stereocenters. The first kappa shape index (κ1) is 19.1. The maximum absolute atomic E-state index is 13.4. The summed E-state index contributed by atoms with van der Waals surface area (Å²) in [6.07, 6.45) is 3.61. The Labute approximate surface area is 175 Å². The van der Waals surface area contributed by atoms with Gasteiger partial charge in [-0.3, -0.25) is 14.7 Å². The number of nitrogens with zero attached hydrogens (tertiary/aromatic N) is 3. The Morgan fingerprint density at radius 2 is 2.20 bits per heavy atom. The molecule has 2 amide bonds. The van der Waals surface area contributed by atoms with Crippen LogP contribution in [0, 0.1) is 25.7 Å². The third-order valence-electron chi connectivity index (χ3n) is 6.45. The van der Waals surface area contributed by atoms with Crippen molar-refractivity contribution >= 4 is 11.8 Å². The van der Waals surface area contributed by atoms with Crippen LogP contribution in [-0.2, 0) is 27.4 Å². The SMILES string of the molecule is Cc1cccc(CN2C[C@]34C=C[C@H](O3)[C@@H](C(=O)N(C)Cc3cc(C)[nH]n3)[C@@H]4C2=O)c1. The molecule has 4 heterocycles. The maximum atomic E-state index is 13.4. The Morgan fingerprint density at radius 1 is 1.37 bits per heavy atom. The van der Waals surface area contributed by atoms with Crippen LogP contribution in [0.2, 0.25) is 0 Å². The summed E-state index contributed by atoms with van der Waals surface area (Å²) in [6, 6.07) is 10.1. The number of amides is 2. The van der Waals surface area contributed by atoms with E-state index in [2.05, 4.69) is 16.3 Å². The third-order valence-corrected chi connectivity index (χ3v) is 6.45. The minimum absolute atomic E-state index is 0.00530. The van der Waals surface area contributed by atoms with Crippen molar-refractivity contribution in [2.24, 2.45) is 11.8 Å². The maximum Gasteiger partial charge on any atom is 0.230 e. The smallest absolute Gasteiger partial charge is 0.230 e. The summed E-state index contributed by atoms with van der Waals surface area (Å²) in [5.74, 6) is -1.02. The Morgan fingerprint density at radius 3 is 2.93 bits per heavy atom. The van der Waals surface area contributed by atoms with Crippen molar-refractivity contribution in [3.8, 4) is 0 Å². The highest BCUT2D eigenvalue weighted by Crippen LogP contribution is 2.52. The van der Waals surface area contributed by atoms with E-state index in [1.54, 1.807) is 11.9 Å². The van der Waals surface area contributed by atoms with Crippen LogP contribution in [0.4, 0.5) is 0 Å². The number of aromatic amines is 1. The van der Waals surface area contributed by atoms with Crippen molar-refractivity contribution in [3.63, 3.8) is 0 Å². The van der Waals surface area contributed by atoms with E-state index >= 15 is 0 Å². The number of hydrogen-bond acceptors (Lipinski definition) is 4. The van der Waals surface area contributed by atoms with E-state index < -0.39 is 17.4 Å². The summed E-state index contributed by atoms with van der Waals surface area (Å²) in [7, 11) is 1.76. The predicted octanol–water partition coefficient (Wildman–Crippen LogP) is 1.97. The Hall–Kier alpha value is -2.93. The molecule has 2 bridgehead atoms. The van der Waals surface area contributed by atoms with Gasteiger partial charge in [-0.15, -0.1) is 0 Å². The van der Waals surface area contributed by atoms with Crippen molar-refractivity contribution in [2.45, 2.75) is 38.6 Å². The molecule has 2 aromatic rings. The lowest BCUT2D eigenvalue weighted by Gasteiger charge is -2.27. The molecule has 5 rings (SSSR count). The predicted molar refractivity (Wildman–Crippen MR) is 110 cm³/mol. The monoisotopic (exact) mass is 406 g/mol. The molecule has 2 saturated heterocycles. The van der Waals surface area contributed by atoms with Crippen LogP contribution in [0.15, 0.2) is 42.5 Å². The molecule has 2 fully saturated rings. The van der Waals surface area contributed by atoms with Crippen molar-refractivity contribution in [2.75, 3.05) is 13.6 Å². The van der Waals surface area contributed by atoms with Gasteiger partial charge in [0.15, 0.2) is 0 Å². The van der Waals surface area contributed by atoms with Gasteiger partial charge >= 0.3 is 0 Å². The number of hydrogen-bond donors (Lipinski definition) is 1. The van der Waals surface area contributed by atoms with E-state index in [9.17, 15) is 9.59 Å². The number of aromatic nitrogens is 2. The van der Waals surface area contributed by atoms with Gasteiger partial charge in [0.2, 0.25) is 11.8 Å². The van der Waals surface area contributed by atoms with Crippen LogP contribution in [0.3, 0.4) is 0 Å². The summed E-state index contributed by atoms with van der Waals surface area (Å²) in [5.41, 5.74) is 3.32. The highest BCUT2D eigenvalue weighted by atomic mass is 16.5. The molecule has 3 aliphatic heterocycles. The highest BCUT2D eigenvalue weighted by Gasteiger charge is 2.67. The molecule has 1 spiro atoms. The van der Waals surface area contributed by atoms with Gasteiger partial charge in [0.1, 0.15) is 5.60 Å². The summed E-state index contributed by atoms with van der Waals surface area (Å²) < 4.78 is 6.24. The number of rotatable bonds is 5. The highest BCUT2D eigenvalue weighted by molar-refractivity contribution is 5.93. The summed E-state index contributed by atoms with van der Waals surface area (Å²) in [6.45, 7) is 5.39. The summed E-state index contributed by atoms with van der Waals surface area (Å²) >= 11 is 0. The molecule has 30 heavy (non-hydrogen) atoms. The molecule has 7 heteroatoms. The van der Waals surface area contributed by atoms with E-state index in [-0.39, 0.29) is 17.9 Å². The first-order valence-electron chi connectivity index (χ1n) is 10.3. The standard InChI is InChI=1S/C23H26N4O3/c1-14-5-4-6-16(9-14)11-27-13-23-8-7-18(30-23)19(20(23)22(27)29)21(28)26(3)12-17-10-15(2)24-25-17/h4-10,18-20H,11-13H2,1-3H3,(H,24,25)/t18-,19+,20+,23-/m0/s1. The van der Waals surface area contributed by atoms with Crippen molar-refractivity contribution in [3.05, 3.63) is 65.0 Å². The van der Waals surface area contributed by atoms with Crippen LogP contribution in [-0.4, -0.2) is 57.1 Å². The van der Waals surface area contributed by atoms with E-state index in [1.165, 1.54) is 0 Å². The van der Waals surface area contributed by atoms with E-state index in [4.69, 9.17) is 4.74 Å². The van der Waals surface area contributed by atoms with Crippen molar-refractivity contribution < 1.29 is 14.3 Å². The van der Waals surface area contributed by atoms with Crippen LogP contribution < -0.4 is 0 Å². The lowest BCUT2D eigenvalue weighted by molar-refractivity contribution is -0.142. The fraction of sp³-hybridized carbons (Fsp3) is 0.435. The summed E-state index contributed by atoms with van der Waals surface area (Å²) in [4.78, 5) is 30.2. The van der Waals surface area contributed by atoms with Crippen LogP contribution in [0.25, 0.3) is 0 Å². The van der Waals surface area contributed by atoms with Gasteiger partial charge in [0.05, 0.1) is 36.7 Å². The zero-order valence-electron chi connectivity index (χ0n) is 17.5. The molecule has 3 aliphatic rings. The fourth-order valence-corrected chi connectivity index (χ4v) is 5.16. The first-order valence-corrected chi connectivity index (χ1v) is 10.3. The van der Waals surface area contributed by atoms with Crippen LogP contribution in [0.5, 0.6) is 0 Å². The second kappa shape index (κ2) is 6.80. The molecule has 0 unspecified atom stereocenters. The largest absolute Gasteiger partial charge is 0.360 e. The van der Waals surface area contributed by atoms with Crippen LogP contribution in [0.1, 0.15) is 22.5 Å². The lowest BCUT2D eigenvalue weighted by atomic mass is 9.76. The molecule has 1 aromatic heterocycles. The second-order valence-electron chi connectivity index (χ2n) is 8.82. The molecule has 1 aromatic carbocycles. The van der Waals surface area contributed by atoms with Gasteiger partial charge < -0.3 is 14.5 Å². The van der Waals surface area contributed by atoms with E-state index in [0.29, 0.717) is 19.6 Å². The van der Waals surface area contributed by atoms with Gasteiger partial charge in [0.25, 0.3) is 0 Å². The van der Waals surface area contributed by atoms with Crippen molar-refractivity contribution in [1.29, 1.82) is 0 Å². The number of carbonyl (C=O) groups excluding carboxylic acids is 2. The van der Waals surface area contributed by atoms with E-state index in [1.807, 2.05) is 55.2 Å². The number of likely N-dealkylation sites (tertiary alicyclic amines) is 1. The van der Waals surface area contributed by atoms with Crippen molar-refractivity contribution in [1.82, 2.24) is 20.0 Å².